The van der Waals surface area contributed by atoms with Gasteiger partial charge >= 0.3 is 5.97 Å². The van der Waals surface area contributed by atoms with Crippen LogP contribution in [0.4, 0.5) is 0 Å². The van der Waals surface area contributed by atoms with E-state index in [-0.39, 0.29) is 41.6 Å². The van der Waals surface area contributed by atoms with Gasteiger partial charge in [0.25, 0.3) is 5.95 Å². The lowest BCUT2D eigenvalue weighted by atomic mass is 9.61. The molecule has 2 saturated carbocycles. The predicted molar refractivity (Wildman–Crippen MR) is 97.1 cm³/mol. The lowest BCUT2D eigenvalue weighted by Crippen LogP contribution is -2.49. The lowest BCUT2D eigenvalue weighted by Gasteiger charge is -2.41. The number of esters is 1. The average molecular weight is 362 g/mol. The summed E-state index contributed by atoms with van der Waals surface area (Å²) < 4.78 is 11.7. The van der Waals surface area contributed by atoms with Gasteiger partial charge in [-0.3, -0.25) is 9.59 Å². The molecule has 6 atom stereocenters. The van der Waals surface area contributed by atoms with Crippen molar-refractivity contribution in [2.24, 2.45) is 34.0 Å². The zero-order chi connectivity index (χ0) is 19.7. The van der Waals surface area contributed by atoms with Crippen LogP contribution in [0.1, 0.15) is 48.0 Å². The molecule has 6 unspecified atom stereocenters. The molecule has 26 heavy (non-hydrogen) atoms. The van der Waals surface area contributed by atoms with Gasteiger partial charge in [-0.1, -0.05) is 40.7 Å². The van der Waals surface area contributed by atoms with Crippen molar-refractivity contribution >= 4 is 11.8 Å². The molecule has 0 heterocycles. The third-order valence-electron chi connectivity index (χ3n) is 7.20. The van der Waals surface area contributed by atoms with Crippen LogP contribution in [0.5, 0.6) is 0 Å². The largest absolute Gasteiger partial charge is 0.481 e. The number of allylic oxidation sites excluding steroid dienone is 2. The average Bonchev–Trinajstić information content (AvgIpc) is 2.99. The fourth-order valence-electron chi connectivity index (χ4n) is 6.34. The first kappa shape index (κ1) is 19.0. The maximum Gasteiger partial charge on any atom is 0.308 e. The lowest BCUT2D eigenvalue weighted by molar-refractivity contribution is -0.170. The Bertz CT molecular complexity index is 691. The predicted octanol–water partition coefficient (Wildman–Crippen LogP) is 3.80. The highest BCUT2D eigenvalue weighted by molar-refractivity contribution is 6.00. The molecule has 0 radical (unpaired) electrons. The summed E-state index contributed by atoms with van der Waals surface area (Å²) in [6.07, 6.45) is 3.53. The van der Waals surface area contributed by atoms with Gasteiger partial charge in [0.1, 0.15) is 12.2 Å². The van der Waals surface area contributed by atoms with Gasteiger partial charge in [-0.25, -0.2) is 0 Å². The molecule has 5 nitrogen and oxygen atoms in total. The first-order valence-corrected chi connectivity index (χ1v) is 9.39. The second-order valence-electron chi connectivity index (χ2n) is 9.29. The third kappa shape index (κ3) is 2.09. The molecular formula is C21H30O5. The van der Waals surface area contributed by atoms with E-state index in [0.717, 1.165) is 0 Å². The first-order chi connectivity index (χ1) is 11.9. The fourth-order valence-corrected chi connectivity index (χ4v) is 6.34. The number of carbonyl (C=O) groups is 2. The number of rotatable bonds is 4. The summed E-state index contributed by atoms with van der Waals surface area (Å²) in [5.74, 6) is -0.802. The van der Waals surface area contributed by atoms with Crippen molar-refractivity contribution in [1.29, 1.82) is 0 Å². The number of hydrogen-bond acceptors (Lipinski definition) is 5. The van der Waals surface area contributed by atoms with Crippen molar-refractivity contribution in [1.82, 2.24) is 0 Å². The number of hydrogen-bond donors (Lipinski definition) is 1. The zero-order valence-corrected chi connectivity index (χ0v) is 16.5. The minimum atomic E-state index is -0.833. The molecule has 1 N–H and O–H groups in total. The Kier molecular flexibility index (Phi) is 4.10. The van der Waals surface area contributed by atoms with Crippen LogP contribution < -0.4 is 0 Å². The second kappa shape index (κ2) is 5.61. The first-order valence-electron chi connectivity index (χ1n) is 9.39. The molecule has 1 spiro atoms. The van der Waals surface area contributed by atoms with Gasteiger partial charge < -0.3 is 14.6 Å². The Labute approximate surface area is 155 Å². The van der Waals surface area contributed by atoms with E-state index in [2.05, 4.69) is 13.5 Å². The minimum absolute atomic E-state index is 0.00459. The SMILES string of the molecule is C=C(O)OC1CC(C)C23C=CC(=O)C2(C)C(OC(=O)C(C)C)C(C)(C)C13. The molecular weight excluding hydrogens is 332 g/mol. The van der Waals surface area contributed by atoms with Crippen molar-refractivity contribution in [3.63, 3.8) is 0 Å². The van der Waals surface area contributed by atoms with E-state index in [0.29, 0.717) is 6.42 Å². The summed E-state index contributed by atoms with van der Waals surface area (Å²) in [5.41, 5.74) is -1.79. The van der Waals surface area contributed by atoms with E-state index in [9.17, 15) is 14.7 Å². The molecule has 2 fully saturated rings. The van der Waals surface area contributed by atoms with E-state index in [1.54, 1.807) is 19.9 Å². The molecule has 0 aromatic rings. The van der Waals surface area contributed by atoms with Gasteiger partial charge in [-0.05, 0) is 31.9 Å². The van der Waals surface area contributed by atoms with Gasteiger partial charge in [-0.15, -0.1) is 0 Å². The van der Waals surface area contributed by atoms with Gasteiger partial charge in [0.15, 0.2) is 5.78 Å². The van der Waals surface area contributed by atoms with Crippen LogP contribution in [0.25, 0.3) is 0 Å². The summed E-state index contributed by atoms with van der Waals surface area (Å²) in [5, 5.41) is 9.64. The zero-order valence-electron chi connectivity index (χ0n) is 16.5. The van der Waals surface area contributed by atoms with Crippen molar-refractivity contribution in [2.45, 2.75) is 60.2 Å². The Hall–Kier alpha value is -1.78. The van der Waals surface area contributed by atoms with Crippen LogP contribution in [-0.2, 0) is 19.1 Å². The molecule has 144 valence electrons. The van der Waals surface area contributed by atoms with Crippen LogP contribution in [0.15, 0.2) is 24.7 Å². The third-order valence-corrected chi connectivity index (χ3v) is 7.20. The van der Waals surface area contributed by atoms with Crippen LogP contribution in [0.3, 0.4) is 0 Å². The molecule has 0 aromatic carbocycles. The molecule has 3 aliphatic carbocycles. The van der Waals surface area contributed by atoms with E-state index >= 15 is 0 Å². The second-order valence-corrected chi connectivity index (χ2v) is 9.29. The van der Waals surface area contributed by atoms with Crippen LogP contribution in [0, 0.1) is 34.0 Å². The van der Waals surface area contributed by atoms with E-state index < -0.39 is 22.3 Å². The number of aliphatic hydroxyl groups excluding tert-OH is 1. The Balaban J connectivity index is 2.14. The minimum Gasteiger partial charge on any atom is -0.481 e. The molecule has 3 aliphatic rings. The summed E-state index contributed by atoms with van der Waals surface area (Å²) in [6.45, 7) is 15.2. The highest BCUT2D eigenvalue weighted by Gasteiger charge is 2.80. The maximum atomic E-state index is 13.1. The van der Waals surface area contributed by atoms with E-state index in [1.807, 2.05) is 26.8 Å². The summed E-state index contributed by atoms with van der Waals surface area (Å²) in [6, 6.07) is 0. The fraction of sp³-hybridized carbons (Fsp3) is 0.714. The summed E-state index contributed by atoms with van der Waals surface area (Å²) >= 11 is 0. The van der Waals surface area contributed by atoms with E-state index in [1.165, 1.54) is 0 Å². The molecule has 0 bridgehead atoms. The summed E-state index contributed by atoms with van der Waals surface area (Å²) in [4.78, 5) is 25.5. The Morgan fingerprint density at radius 2 is 1.92 bits per heavy atom. The normalized spacial score (nSPS) is 42.7. The van der Waals surface area contributed by atoms with E-state index in [4.69, 9.17) is 9.47 Å². The van der Waals surface area contributed by atoms with Gasteiger partial charge in [0.05, 0.1) is 11.3 Å². The quantitative estimate of drug-likeness (QED) is 0.608. The van der Waals surface area contributed by atoms with Crippen molar-refractivity contribution in [3.8, 4) is 0 Å². The molecule has 0 aliphatic heterocycles. The van der Waals surface area contributed by atoms with Crippen LogP contribution >= 0.6 is 0 Å². The van der Waals surface area contributed by atoms with Gasteiger partial charge in [-0.2, -0.15) is 0 Å². The smallest absolute Gasteiger partial charge is 0.308 e. The standard InChI is InChI=1S/C21H30O5/c1-11(2)17(24)26-18-19(5,6)16-14(25-13(4)22)10-12(3)21(16)9-8-15(23)20(18,21)7/h8-9,11-12,14,16,18,22H,4,10H2,1-3,5-7H3. The number of ketones is 1. The topological polar surface area (TPSA) is 72.8 Å². The maximum absolute atomic E-state index is 13.1. The van der Waals surface area contributed by atoms with Crippen LogP contribution in [0.2, 0.25) is 0 Å². The van der Waals surface area contributed by atoms with Crippen molar-refractivity contribution < 1.29 is 24.2 Å². The highest BCUT2D eigenvalue weighted by Crippen LogP contribution is 2.75. The molecule has 0 saturated heterocycles. The Morgan fingerprint density at radius 1 is 1.31 bits per heavy atom. The Morgan fingerprint density at radius 3 is 2.46 bits per heavy atom. The van der Waals surface area contributed by atoms with Crippen LogP contribution in [-0.4, -0.2) is 29.1 Å². The van der Waals surface area contributed by atoms with Gasteiger partial charge in [0, 0.05) is 16.7 Å². The molecule has 3 rings (SSSR count). The number of ether oxygens (including phenoxy) is 2. The van der Waals surface area contributed by atoms with Gasteiger partial charge in [0.2, 0.25) is 0 Å². The molecule has 5 heteroatoms. The summed E-state index contributed by atoms with van der Waals surface area (Å²) in [7, 11) is 0. The van der Waals surface area contributed by atoms with Crippen molar-refractivity contribution in [3.05, 3.63) is 24.7 Å². The number of aliphatic hydroxyl groups is 1. The highest BCUT2D eigenvalue weighted by atomic mass is 16.6. The molecule has 0 aromatic heterocycles. The molecule has 0 amide bonds. The van der Waals surface area contributed by atoms with Crippen molar-refractivity contribution in [2.75, 3.05) is 0 Å². The number of carbonyl (C=O) groups excluding carboxylic acids is 2. The monoisotopic (exact) mass is 362 g/mol.